The molecule has 0 saturated carbocycles. The zero-order chi connectivity index (χ0) is 18.5. The summed E-state index contributed by atoms with van der Waals surface area (Å²) in [5.41, 5.74) is 1.10. The highest BCUT2D eigenvalue weighted by atomic mass is 19.1. The van der Waals surface area contributed by atoms with Gasteiger partial charge in [-0.15, -0.1) is 0 Å². The lowest BCUT2D eigenvalue weighted by Crippen LogP contribution is -2.41. The molecule has 1 N–H and O–H groups in total. The number of amides is 1. The minimum atomic E-state index is -0.472. The Morgan fingerprint density at radius 3 is 2.62 bits per heavy atom. The Labute approximate surface area is 151 Å². The summed E-state index contributed by atoms with van der Waals surface area (Å²) in [6.07, 6.45) is 4.99. The second-order valence-corrected chi connectivity index (χ2v) is 6.24. The number of aliphatic hydroxyl groups is 1. The van der Waals surface area contributed by atoms with Gasteiger partial charge in [-0.05, 0) is 0 Å². The van der Waals surface area contributed by atoms with Crippen LogP contribution in [0, 0.1) is 5.82 Å². The number of carbonyl (C=O) groups is 1. The molecule has 7 heteroatoms. The van der Waals surface area contributed by atoms with Crippen LogP contribution >= 0.6 is 0 Å². The van der Waals surface area contributed by atoms with Crippen molar-refractivity contribution in [2.24, 2.45) is 0 Å². The molecule has 6 nitrogen and oxygen atoms in total. The van der Waals surface area contributed by atoms with Crippen molar-refractivity contribution in [2.45, 2.75) is 38.9 Å². The number of aromatic nitrogens is 2. The lowest BCUT2D eigenvalue weighted by Gasteiger charge is -2.31. The van der Waals surface area contributed by atoms with Crippen molar-refractivity contribution in [3.63, 3.8) is 0 Å². The lowest BCUT2D eigenvalue weighted by molar-refractivity contribution is -0.132. The number of ether oxygens (including phenoxy) is 1. The number of halogens is 1. The fraction of sp³-hybridized carbons (Fsp3) is 0.421. The van der Waals surface area contributed by atoms with Gasteiger partial charge in [0.1, 0.15) is 11.9 Å². The van der Waals surface area contributed by atoms with Crippen molar-refractivity contribution in [1.29, 1.82) is 0 Å². The van der Waals surface area contributed by atoms with Crippen LogP contribution in [0.5, 0.6) is 6.01 Å². The quantitative estimate of drug-likeness (QED) is 0.888. The van der Waals surface area contributed by atoms with Crippen LogP contribution in [0.25, 0.3) is 11.1 Å². The van der Waals surface area contributed by atoms with E-state index in [-0.39, 0.29) is 30.2 Å². The normalized spacial score (nSPS) is 15.1. The van der Waals surface area contributed by atoms with Crippen LogP contribution in [0.3, 0.4) is 0 Å². The van der Waals surface area contributed by atoms with Crippen molar-refractivity contribution in [2.75, 3.05) is 13.1 Å². The van der Waals surface area contributed by atoms with Crippen LogP contribution in [0.1, 0.15) is 31.7 Å². The zero-order valence-electron chi connectivity index (χ0n) is 14.7. The van der Waals surface area contributed by atoms with E-state index in [0.29, 0.717) is 30.6 Å². The Bertz CT molecular complexity index is 759. The van der Waals surface area contributed by atoms with Crippen molar-refractivity contribution in [3.05, 3.63) is 42.0 Å². The van der Waals surface area contributed by atoms with Crippen LogP contribution < -0.4 is 4.74 Å². The van der Waals surface area contributed by atoms with E-state index >= 15 is 0 Å². The zero-order valence-corrected chi connectivity index (χ0v) is 14.7. The highest BCUT2D eigenvalue weighted by Gasteiger charge is 2.23. The van der Waals surface area contributed by atoms with Gasteiger partial charge in [0, 0.05) is 61.4 Å². The molecular formula is C19H22FN3O3. The van der Waals surface area contributed by atoms with Crippen molar-refractivity contribution < 1.29 is 19.0 Å². The number of likely N-dealkylation sites (tertiary alicyclic amines) is 1. The number of nitrogens with zero attached hydrogens (tertiary/aromatic N) is 3. The maximum atomic E-state index is 14.3. The number of rotatable bonds is 5. The minimum Gasteiger partial charge on any atom is -0.460 e. The van der Waals surface area contributed by atoms with Gasteiger partial charge in [-0.3, -0.25) is 4.79 Å². The largest absolute Gasteiger partial charge is 0.460 e. The Hall–Kier alpha value is -2.54. The summed E-state index contributed by atoms with van der Waals surface area (Å²) in [6, 6.07) is 5.08. The van der Waals surface area contributed by atoms with Gasteiger partial charge < -0.3 is 14.7 Å². The molecule has 1 fully saturated rings. The fourth-order valence-electron chi connectivity index (χ4n) is 3.04. The van der Waals surface area contributed by atoms with Crippen LogP contribution in [0.2, 0.25) is 0 Å². The molecule has 0 atom stereocenters. The monoisotopic (exact) mass is 359 g/mol. The number of piperidine rings is 1. The van der Waals surface area contributed by atoms with Gasteiger partial charge >= 0.3 is 6.01 Å². The second kappa shape index (κ2) is 8.23. The van der Waals surface area contributed by atoms with Gasteiger partial charge in [0.05, 0.1) is 6.61 Å². The molecule has 2 aromatic rings. The number of hydrogen-bond donors (Lipinski definition) is 1. The molecule has 1 aromatic carbocycles. The van der Waals surface area contributed by atoms with Crippen molar-refractivity contribution in [1.82, 2.24) is 14.9 Å². The molecule has 1 saturated heterocycles. The first kappa shape index (κ1) is 18.3. The van der Waals surface area contributed by atoms with Crippen LogP contribution in [0.4, 0.5) is 4.39 Å². The molecule has 1 aliphatic heterocycles. The van der Waals surface area contributed by atoms with E-state index in [1.165, 1.54) is 18.5 Å². The lowest BCUT2D eigenvalue weighted by atomic mass is 10.1. The number of hydrogen-bond acceptors (Lipinski definition) is 5. The molecule has 0 unspecified atom stereocenters. The van der Waals surface area contributed by atoms with Crippen LogP contribution in [0.15, 0.2) is 30.6 Å². The Morgan fingerprint density at radius 2 is 2.00 bits per heavy atom. The summed E-state index contributed by atoms with van der Waals surface area (Å²) in [6.45, 7) is 2.85. The van der Waals surface area contributed by atoms with Gasteiger partial charge in [0.25, 0.3) is 0 Å². The first-order valence-electron chi connectivity index (χ1n) is 8.77. The average Bonchev–Trinajstić information content (AvgIpc) is 2.69. The molecule has 0 bridgehead atoms. The van der Waals surface area contributed by atoms with Crippen LogP contribution in [-0.2, 0) is 11.4 Å². The van der Waals surface area contributed by atoms with E-state index in [4.69, 9.17) is 9.84 Å². The summed E-state index contributed by atoms with van der Waals surface area (Å²) in [5, 5.41) is 9.17. The molecular weight excluding hydrogens is 337 g/mol. The van der Waals surface area contributed by atoms with E-state index in [1.807, 2.05) is 11.8 Å². The number of carbonyl (C=O) groups excluding carboxylic acids is 1. The second-order valence-electron chi connectivity index (χ2n) is 6.24. The molecule has 0 spiro atoms. The summed E-state index contributed by atoms with van der Waals surface area (Å²) in [7, 11) is 0. The average molecular weight is 359 g/mol. The van der Waals surface area contributed by atoms with Gasteiger partial charge in [0.2, 0.25) is 5.91 Å². The third-order valence-electron chi connectivity index (χ3n) is 4.56. The topological polar surface area (TPSA) is 75.6 Å². The predicted molar refractivity (Wildman–Crippen MR) is 93.9 cm³/mol. The third-order valence-corrected chi connectivity index (χ3v) is 4.56. The molecule has 2 heterocycles. The maximum Gasteiger partial charge on any atom is 0.316 e. The molecule has 1 aromatic heterocycles. The number of aliphatic hydroxyl groups excluding tert-OH is 1. The number of benzene rings is 1. The van der Waals surface area contributed by atoms with Crippen molar-refractivity contribution in [3.8, 4) is 17.1 Å². The molecule has 0 radical (unpaired) electrons. The molecule has 1 aliphatic rings. The molecule has 26 heavy (non-hydrogen) atoms. The highest BCUT2D eigenvalue weighted by molar-refractivity contribution is 5.75. The van der Waals surface area contributed by atoms with Gasteiger partial charge in [-0.25, -0.2) is 14.4 Å². The molecule has 0 aliphatic carbocycles. The molecule has 3 rings (SSSR count). The Balaban J connectivity index is 1.63. The van der Waals surface area contributed by atoms with Gasteiger partial charge in [-0.1, -0.05) is 25.1 Å². The van der Waals surface area contributed by atoms with E-state index in [9.17, 15) is 9.18 Å². The Morgan fingerprint density at radius 1 is 1.31 bits per heavy atom. The standard InChI is InChI=1S/C19H22FN3O3/c1-2-17(25)23-8-6-15(7-9-23)26-19-21-10-14(11-22-19)16-5-3-4-13(12-24)18(16)20/h3-5,10-11,15,24H,2,6-9,12H2,1H3. The smallest absolute Gasteiger partial charge is 0.316 e. The molecule has 138 valence electrons. The predicted octanol–water partition coefficient (Wildman–Crippen LogP) is 2.55. The maximum absolute atomic E-state index is 14.3. The fourth-order valence-corrected chi connectivity index (χ4v) is 3.04. The van der Waals surface area contributed by atoms with E-state index in [0.717, 1.165) is 12.8 Å². The van der Waals surface area contributed by atoms with Crippen molar-refractivity contribution >= 4 is 5.91 Å². The summed E-state index contributed by atoms with van der Waals surface area (Å²) in [4.78, 5) is 21.9. The van der Waals surface area contributed by atoms with E-state index < -0.39 is 5.82 Å². The minimum absolute atomic E-state index is 0.0313. The Kier molecular flexibility index (Phi) is 5.78. The van der Waals surface area contributed by atoms with E-state index in [1.54, 1.807) is 12.1 Å². The van der Waals surface area contributed by atoms with Crippen LogP contribution in [-0.4, -0.2) is 45.1 Å². The highest BCUT2D eigenvalue weighted by Crippen LogP contribution is 2.25. The summed E-state index contributed by atoms with van der Waals surface area (Å²) >= 11 is 0. The molecule has 1 amide bonds. The van der Waals surface area contributed by atoms with Gasteiger partial charge in [-0.2, -0.15) is 0 Å². The third kappa shape index (κ3) is 3.99. The SMILES string of the molecule is CCC(=O)N1CCC(Oc2ncc(-c3cccc(CO)c3F)cn2)CC1. The van der Waals surface area contributed by atoms with E-state index in [2.05, 4.69) is 9.97 Å². The first-order valence-corrected chi connectivity index (χ1v) is 8.77. The first-order chi connectivity index (χ1) is 12.6. The van der Waals surface area contributed by atoms with Gasteiger partial charge in [0.15, 0.2) is 0 Å². The summed E-state index contributed by atoms with van der Waals surface area (Å²) in [5.74, 6) is -0.309. The summed E-state index contributed by atoms with van der Waals surface area (Å²) < 4.78 is 20.1.